The molecular formula is C72H62N2SSi2. The molecule has 2 nitrogen and oxygen atoms in total. The van der Waals surface area contributed by atoms with Crippen molar-refractivity contribution in [1.29, 1.82) is 0 Å². The Balaban J connectivity index is 1.07. The third kappa shape index (κ3) is 10.0. The third-order valence-corrected chi connectivity index (χ3v) is 20.2. The van der Waals surface area contributed by atoms with E-state index in [1.165, 1.54) is 91.9 Å². The standard InChI is InChI=1S/C72H62N2SSi2/c1-76(2,3)63-41-39-59(40-42-63)73(57-28-12-8-13-29-57)60-32-20-27-56(48-60)72-66-37-17-16-36-65(66)71(55-26-19-33-61(47-55)74(58-30-14-9-15-31-58)62-34-21-35-64(50-62)77(4,5)6)67-43-38-53(49-68(67)72)52-24-18-25-54(46-52)70-45-44-69(75-70)51-22-10-7-11-23-51/h7-50H,1-6H3. The summed E-state index contributed by atoms with van der Waals surface area (Å²) in [7, 11) is -3.13. The van der Waals surface area contributed by atoms with Gasteiger partial charge in [0.15, 0.2) is 0 Å². The van der Waals surface area contributed by atoms with E-state index in [1.807, 2.05) is 11.3 Å². The van der Waals surface area contributed by atoms with Crippen LogP contribution in [0.1, 0.15) is 0 Å². The quantitative estimate of drug-likeness (QED) is 0.0839. The fourth-order valence-corrected chi connectivity index (χ4v) is 14.3. The van der Waals surface area contributed by atoms with Gasteiger partial charge in [0.1, 0.15) is 0 Å². The maximum atomic E-state index is 2.46. The largest absolute Gasteiger partial charge is 0.310 e. The molecule has 0 radical (unpaired) electrons. The van der Waals surface area contributed by atoms with Crippen LogP contribution in [0.2, 0.25) is 39.3 Å². The summed E-state index contributed by atoms with van der Waals surface area (Å²) in [6, 6.07) is 99.2. The van der Waals surface area contributed by atoms with Gasteiger partial charge in [0.2, 0.25) is 0 Å². The first kappa shape index (κ1) is 49.5. The van der Waals surface area contributed by atoms with Crippen LogP contribution in [0.3, 0.4) is 0 Å². The zero-order valence-electron chi connectivity index (χ0n) is 44.7. The second-order valence-electron chi connectivity index (χ2n) is 22.2. The van der Waals surface area contributed by atoms with Crippen LogP contribution in [0.15, 0.2) is 267 Å². The summed E-state index contributed by atoms with van der Waals surface area (Å²) in [6.45, 7) is 14.5. The predicted octanol–water partition coefficient (Wildman–Crippen LogP) is 20.4. The molecule has 12 rings (SSSR count). The smallest absolute Gasteiger partial charge is 0.0776 e. The van der Waals surface area contributed by atoms with E-state index in [0.29, 0.717) is 0 Å². The van der Waals surface area contributed by atoms with E-state index in [-0.39, 0.29) is 0 Å². The molecule has 374 valence electrons. The minimum Gasteiger partial charge on any atom is -0.310 e. The Morgan fingerprint density at radius 1 is 0.247 bits per heavy atom. The Kier molecular flexibility index (Phi) is 13.3. The van der Waals surface area contributed by atoms with E-state index in [2.05, 4.69) is 316 Å². The van der Waals surface area contributed by atoms with Gasteiger partial charge in [-0.05, 0) is 163 Å². The molecule has 0 aliphatic rings. The second kappa shape index (κ2) is 20.7. The molecule has 12 aromatic rings. The number of hydrogen-bond acceptors (Lipinski definition) is 3. The summed E-state index contributed by atoms with van der Waals surface area (Å²) in [5, 5.41) is 7.73. The monoisotopic (exact) mass is 1040 g/mol. The molecular weight excluding hydrogens is 981 g/mol. The summed E-state index contributed by atoms with van der Waals surface area (Å²) in [6.07, 6.45) is 0. The normalized spacial score (nSPS) is 11.8. The highest BCUT2D eigenvalue weighted by Crippen LogP contribution is 2.48. The molecule has 77 heavy (non-hydrogen) atoms. The Hall–Kier alpha value is -8.33. The van der Waals surface area contributed by atoms with Gasteiger partial charge in [-0.25, -0.2) is 0 Å². The number of anilines is 6. The van der Waals surface area contributed by atoms with E-state index in [0.717, 1.165) is 28.4 Å². The minimum absolute atomic E-state index is 1.11. The maximum absolute atomic E-state index is 2.46. The number of hydrogen-bond donors (Lipinski definition) is 0. The van der Waals surface area contributed by atoms with Crippen molar-refractivity contribution in [3.8, 4) is 54.3 Å². The third-order valence-electron chi connectivity index (χ3n) is 14.9. The van der Waals surface area contributed by atoms with Crippen LogP contribution in [-0.4, -0.2) is 16.1 Å². The number of para-hydroxylation sites is 2. The molecule has 0 bridgehead atoms. The molecule has 0 aliphatic carbocycles. The van der Waals surface area contributed by atoms with Gasteiger partial charge in [-0.3, -0.25) is 0 Å². The molecule has 11 aromatic carbocycles. The first-order valence-corrected chi connectivity index (χ1v) is 34.6. The summed E-state index contributed by atoms with van der Waals surface area (Å²) >= 11 is 1.85. The van der Waals surface area contributed by atoms with Crippen molar-refractivity contribution < 1.29 is 0 Å². The van der Waals surface area contributed by atoms with Crippen molar-refractivity contribution in [2.24, 2.45) is 0 Å². The number of nitrogens with zero attached hydrogens (tertiary/aromatic N) is 2. The fourth-order valence-electron chi connectivity index (χ4n) is 11.0. The minimum atomic E-state index is -1.61. The fraction of sp³-hybridized carbons (Fsp3) is 0.0833. The topological polar surface area (TPSA) is 6.48 Å². The lowest BCUT2D eigenvalue weighted by Gasteiger charge is -2.28. The van der Waals surface area contributed by atoms with Crippen molar-refractivity contribution >= 4 is 93.5 Å². The molecule has 0 aliphatic heterocycles. The lowest BCUT2D eigenvalue weighted by atomic mass is 9.84. The summed E-state index contributed by atoms with van der Waals surface area (Å²) in [5.41, 5.74) is 16.4. The molecule has 0 atom stereocenters. The van der Waals surface area contributed by atoms with Crippen LogP contribution in [0.5, 0.6) is 0 Å². The highest BCUT2D eigenvalue weighted by Gasteiger charge is 2.24. The number of benzene rings is 11. The van der Waals surface area contributed by atoms with E-state index in [9.17, 15) is 0 Å². The molecule has 1 aromatic heterocycles. The Morgan fingerprint density at radius 2 is 0.649 bits per heavy atom. The van der Waals surface area contributed by atoms with Gasteiger partial charge in [-0.15, -0.1) is 11.3 Å². The average Bonchev–Trinajstić information content (AvgIpc) is 3.97. The zero-order valence-corrected chi connectivity index (χ0v) is 47.5. The maximum Gasteiger partial charge on any atom is 0.0776 e. The molecule has 0 amide bonds. The lowest BCUT2D eigenvalue weighted by molar-refractivity contribution is 1.28. The Labute approximate surface area is 460 Å². The molecule has 0 spiro atoms. The summed E-state index contributed by atoms with van der Waals surface area (Å²) in [5.74, 6) is 0. The SMILES string of the molecule is C[Si](C)(C)c1ccc(N(c2ccccc2)c2cccc(-c3c4ccccc4c(-c4cccc(N(c5ccccc5)c5cccc([Si](C)(C)C)c5)c4)c4ccc(-c5cccc(-c6ccc(-c7ccccc7)s6)c5)cc34)c2)cc1. The molecule has 0 saturated heterocycles. The molecule has 0 unspecified atom stereocenters. The Bertz CT molecular complexity index is 4060. The van der Waals surface area contributed by atoms with Gasteiger partial charge in [-0.1, -0.05) is 220 Å². The van der Waals surface area contributed by atoms with E-state index in [1.54, 1.807) is 0 Å². The Morgan fingerprint density at radius 3 is 1.23 bits per heavy atom. The van der Waals surface area contributed by atoms with Crippen LogP contribution in [0, 0.1) is 0 Å². The van der Waals surface area contributed by atoms with Gasteiger partial charge < -0.3 is 9.80 Å². The molecule has 5 heteroatoms. The van der Waals surface area contributed by atoms with Crippen molar-refractivity contribution in [3.05, 3.63) is 267 Å². The first-order valence-electron chi connectivity index (χ1n) is 26.8. The van der Waals surface area contributed by atoms with Crippen LogP contribution in [0.25, 0.3) is 75.8 Å². The molecule has 0 saturated carbocycles. The van der Waals surface area contributed by atoms with Gasteiger partial charge in [0.25, 0.3) is 0 Å². The van der Waals surface area contributed by atoms with Crippen molar-refractivity contribution in [3.63, 3.8) is 0 Å². The van der Waals surface area contributed by atoms with Crippen molar-refractivity contribution in [2.75, 3.05) is 9.80 Å². The second-order valence-corrected chi connectivity index (χ2v) is 33.4. The highest BCUT2D eigenvalue weighted by atomic mass is 32.1. The van der Waals surface area contributed by atoms with Crippen molar-refractivity contribution in [1.82, 2.24) is 0 Å². The van der Waals surface area contributed by atoms with E-state index in [4.69, 9.17) is 0 Å². The average molecular weight is 1040 g/mol. The number of rotatable bonds is 13. The van der Waals surface area contributed by atoms with Crippen molar-refractivity contribution in [2.45, 2.75) is 39.3 Å². The van der Waals surface area contributed by atoms with Crippen LogP contribution < -0.4 is 20.2 Å². The van der Waals surface area contributed by atoms with Gasteiger partial charge in [-0.2, -0.15) is 0 Å². The molecule has 0 fully saturated rings. The van der Waals surface area contributed by atoms with Crippen LogP contribution in [-0.2, 0) is 0 Å². The highest BCUT2D eigenvalue weighted by molar-refractivity contribution is 7.18. The lowest BCUT2D eigenvalue weighted by Crippen LogP contribution is -2.37. The van der Waals surface area contributed by atoms with Crippen LogP contribution in [0.4, 0.5) is 34.1 Å². The van der Waals surface area contributed by atoms with Gasteiger partial charge in [0.05, 0.1) is 16.1 Å². The van der Waals surface area contributed by atoms with Crippen LogP contribution >= 0.6 is 11.3 Å². The van der Waals surface area contributed by atoms with E-state index < -0.39 is 16.1 Å². The van der Waals surface area contributed by atoms with Gasteiger partial charge >= 0.3 is 0 Å². The predicted molar refractivity (Wildman–Crippen MR) is 342 cm³/mol. The summed E-state index contributed by atoms with van der Waals surface area (Å²) < 4.78 is 0. The number of thiophene rings is 1. The zero-order chi connectivity index (χ0) is 52.7. The number of fused-ring (bicyclic) bond motifs is 2. The first-order chi connectivity index (χ1) is 37.4. The molecule has 0 N–H and O–H groups in total. The van der Waals surface area contributed by atoms with Gasteiger partial charge in [0, 0.05) is 43.9 Å². The molecule has 1 heterocycles. The van der Waals surface area contributed by atoms with E-state index >= 15 is 0 Å². The summed E-state index contributed by atoms with van der Waals surface area (Å²) in [4.78, 5) is 7.36.